The lowest BCUT2D eigenvalue weighted by Crippen LogP contribution is -2.50. The maximum atomic E-state index is 12.6. The topological polar surface area (TPSA) is 67.4 Å². The van der Waals surface area contributed by atoms with Crippen LogP contribution in [0.2, 0.25) is 0 Å². The first kappa shape index (κ1) is 17.2. The largest absolute Gasteiger partial charge is 0.482 e. The lowest BCUT2D eigenvalue weighted by Gasteiger charge is -2.41. The first-order valence-corrected chi connectivity index (χ1v) is 10.0. The van der Waals surface area contributed by atoms with Gasteiger partial charge in [0, 0.05) is 37.9 Å². The number of hydrogen-bond donors (Lipinski definition) is 1. The average Bonchev–Trinajstić information content (AvgIpc) is 3.54. The lowest BCUT2D eigenvalue weighted by atomic mass is 9.88. The SMILES string of the molecule is O=C(Nc1cnc(CC2CC2)nc1)N1CCC2(C=Cc3ccccc3O2)CC1. The van der Waals surface area contributed by atoms with Crippen molar-refractivity contribution in [2.75, 3.05) is 18.4 Å². The van der Waals surface area contributed by atoms with Crippen molar-refractivity contribution < 1.29 is 9.53 Å². The number of carbonyl (C=O) groups is 1. The molecule has 1 saturated carbocycles. The fraction of sp³-hybridized carbons (Fsp3) is 0.409. The molecular formula is C22H24N4O2. The zero-order valence-corrected chi connectivity index (χ0v) is 15.8. The highest BCUT2D eigenvalue weighted by atomic mass is 16.5. The number of fused-ring (bicyclic) bond motifs is 1. The van der Waals surface area contributed by atoms with Crippen molar-refractivity contribution in [3.05, 3.63) is 54.1 Å². The fourth-order valence-corrected chi connectivity index (χ4v) is 3.87. The molecule has 1 aliphatic carbocycles. The summed E-state index contributed by atoms with van der Waals surface area (Å²) in [5, 5.41) is 2.92. The van der Waals surface area contributed by atoms with Gasteiger partial charge in [0.1, 0.15) is 17.2 Å². The molecule has 2 amide bonds. The first-order chi connectivity index (χ1) is 13.7. The van der Waals surface area contributed by atoms with Gasteiger partial charge in [-0.05, 0) is 30.9 Å². The summed E-state index contributed by atoms with van der Waals surface area (Å²) in [5.74, 6) is 2.54. The van der Waals surface area contributed by atoms with Crippen LogP contribution in [0.15, 0.2) is 42.7 Å². The number of amides is 2. The van der Waals surface area contributed by atoms with Crippen LogP contribution in [0.4, 0.5) is 10.5 Å². The summed E-state index contributed by atoms with van der Waals surface area (Å²) < 4.78 is 6.29. The van der Waals surface area contributed by atoms with Crippen LogP contribution < -0.4 is 10.1 Å². The van der Waals surface area contributed by atoms with E-state index in [4.69, 9.17) is 4.74 Å². The Balaban J connectivity index is 1.17. The van der Waals surface area contributed by atoms with E-state index < -0.39 is 0 Å². The van der Waals surface area contributed by atoms with E-state index in [0.717, 1.165) is 42.3 Å². The molecule has 1 spiro atoms. The smallest absolute Gasteiger partial charge is 0.321 e. The standard InChI is InChI=1S/C22H24N4O2/c27-21(25-18-14-23-20(24-15-18)13-16-5-6-16)26-11-9-22(10-12-26)8-7-17-3-1-2-4-19(17)28-22/h1-4,7-8,14-16H,5-6,9-13H2,(H,25,27). The van der Waals surface area contributed by atoms with Crippen molar-refractivity contribution >= 4 is 17.8 Å². The van der Waals surface area contributed by atoms with Gasteiger partial charge in [0.05, 0.1) is 18.1 Å². The van der Waals surface area contributed by atoms with E-state index in [2.05, 4.69) is 33.5 Å². The van der Waals surface area contributed by atoms with Crippen LogP contribution in [0.3, 0.4) is 0 Å². The van der Waals surface area contributed by atoms with Crippen molar-refractivity contribution in [3.8, 4) is 5.75 Å². The summed E-state index contributed by atoms with van der Waals surface area (Å²) in [6, 6.07) is 7.96. The molecule has 1 N–H and O–H groups in total. The molecular weight excluding hydrogens is 352 g/mol. The molecule has 5 rings (SSSR count). The summed E-state index contributed by atoms with van der Waals surface area (Å²) in [6.07, 6.45) is 12.8. The Labute approximate surface area is 164 Å². The first-order valence-electron chi connectivity index (χ1n) is 10.0. The molecule has 1 aromatic carbocycles. The maximum Gasteiger partial charge on any atom is 0.321 e. The Kier molecular flexibility index (Phi) is 4.26. The Morgan fingerprint density at radius 2 is 1.93 bits per heavy atom. The molecule has 0 atom stereocenters. The second kappa shape index (κ2) is 6.93. The van der Waals surface area contributed by atoms with Crippen molar-refractivity contribution in [3.63, 3.8) is 0 Å². The summed E-state index contributed by atoms with van der Waals surface area (Å²) in [5.41, 5.74) is 1.45. The number of urea groups is 1. The summed E-state index contributed by atoms with van der Waals surface area (Å²) in [6.45, 7) is 1.30. The molecule has 1 saturated heterocycles. The van der Waals surface area contributed by atoms with Crippen molar-refractivity contribution in [1.82, 2.24) is 14.9 Å². The van der Waals surface area contributed by atoms with Crippen LogP contribution in [0, 0.1) is 5.92 Å². The van der Waals surface area contributed by atoms with E-state index >= 15 is 0 Å². The Morgan fingerprint density at radius 1 is 1.18 bits per heavy atom. The predicted octanol–water partition coefficient (Wildman–Crippen LogP) is 3.90. The average molecular weight is 376 g/mol. The number of rotatable bonds is 3. The van der Waals surface area contributed by atoms with Crippen LogP contribution in [0.1, 0.15) is 37.1 Å². The predicted molar refractivity (Wildman–Crippen MR) is 107 cm³/mol. The van der Waals surface area contributed by atoms with E-state index in [1.165, 1.54) is 12.8 Å². The van der Waals surface area contributed by atoms with Gasteiger partial charge in [-0.25, -0.2) is 14.8 Å². The molecule has 1 aromatic heterocycles. The lowest BCUT2D eigenvalue weighted by molar-refractivity contribution is 0.0518. The summed E-state index contributed by atoms with van der Waals surface area (Å²) in [7, 11) is 0. The molecule has 2 aromatic rings. The van der Waals surface area contributed by atoms with Gasteiger partial charge in [-0.2, -0.15) is 0 Å². The Morgan fingerprint density at radius 3 is 2.68 bits per heavy atom. The van der Waals surface area contributed by atoms with Crippen molar-refractivity contribution in [1.29, 1.82) is 0 Å². The van der Waals surface area contributed by atoms with Gasteiger partial charge in [-0.1, -0.05) is 24.3 Å². The number of nitrogens with zero attached hydrogens (tertiary/aromatic N) is 3. The van der Waals surface area contributed by atoms with E-state index in [1.807, 2.05) is 23.1 Å². The number of carbonyl (C=O) groups excluding carboxylic acids is 1. The third-order valence-electron chi connectivity index (χ3n) is 5.82. The molecule has 3 aliphatic rings. The molecule has 3 heterocycles. The Hall–Kier alpha value is -2.89. The van der Waals surface area contributed by atoms with Crippen LogP contribution >= 0.6 is 0 Å². The minimum atomic E-state index is -0.307. The van der Waals surface area contributed by atoms with Crippen molar-refractivity contribution in [2.24, 2.45) is 5.92 Å². The molecule has 0 unspecified atom stereocenters. The molecule has 144 valence electrons. The number of ether oxygens (including phenoxy) is 1. The van der Waals surface area contributed by atoms with Crippen LogP contribution in [-0.2, 0) is 6.42 Å². The third kappa shape index (κ3) is 3.59. The summed E-state index contributed by atoms with van der Waals surface area (Å²) in [4.78, 5) is 23.2. The second-order valence-electron chi connectivity index (χ2n) is 7.99. The van der Waals surface area contributed by atoms with Crippen LogP contribution in [-0.4, -0.2) is 39.6 Å². The summed E-state index contributed by atoms with van der Waals surface area (Å²) >= 11 is 0. The van der Waals surface area contributed by atoms with Gasteiger partial charge in [-0.15, -0.1) is 0 Å². The minimum absolute atomic E-state index is 0.103. The number of nitrogens with one attached hydrogen (secondary N) is 1. The monoisotopic (exact) mass is 376 g/mol. The van der Waals surface area contributed by atoms with Crippen LogP contribution in [0.5, 0.6) is 5.75 Å². The van der Waals surface area contributed by atoms with Gasteiger partial charge in [0.25, 0.3) is 0 Å². The number of para-hydroxylation sites is 1. The van der Waals surface area contributed by atoms with Crippen molar-refractivity contribution in [2.45, 2.75) is 37.7 Å². The molecule has 2 fully saturated rings. The number of hydrogen-bond acceptors (Lipinski definition) is 4. The second-order valence-corrected chi connectivity index (χ2v) is 7.99. The number of benzene rings is 1. The molecule has 0 bridgehead atoms. The van der Waals surface area contributed by atoms with Gasteiger partial charge in [0.2, 0.25) is 0 Å². The third-order valence-corrected chi connectivity index (χ3v) is 5.82. The van der Waals surface area contributed by atoms with Crippen LogP contribution in [0.25, 0.3) is 6.08 Å². The normalized spacial score (nSPS) is 19.8. The molecule has 28 heavy (non-hydrogen) atoms. The maximum absolute atomic E-state index is 12.6. The number of likely N-dealkylation sites (tertiary alicyclic amines) is 1. The van der Waals surface area contributed by atoms with Gasteiger partial charge >= 0.3 is 6.03 Å². The van der Waals surface area contributed by atoms with Gasteiger partial charge in [0.15, 0.2) is 0 Å². The Bertz CT molecular complexity index is 897. The molecule has 6 nitrogen and oxygen atoms in total. The van der Waals surface area contributed by atoms with Gasteiger partial charge < -0.3 is 15.0 Å². The number of aromatic nitrogens is 2. The number of piperidine rings is 1. The zero-order valence-electron chi connectivity index (χ0n) is 15.8. The highest BCUT2D eigenvalue weighted by Gasteiger charge is 2.37. The highest BCUT2D eigenvalue weighted by Crippen LogP contribution is 2.37. The highest BCUT2D eigenvalue weighted by molar-refractivity contribution is 5.89. The van der Waals surface area contributed by atoms with Gasteiger partial charge in [-0.3, -0.25) is 0 Å². The fourth-order valence-electron chi connectivity index (χ4n) is 3.87. The van der Waals surface area contributed by atoms with E-state index in [-0.39, 0.29) is 11.6 Å². The zero-order chi connectivity index (χ0) is 19.0. The molecule has 2 aliphatic heterocycles. The van der Waals surface area contributed by atoms with E-state index in [0.29, 0.717) is 18.8 Å². The quantitative estimate of drug-likeness (QED) is 0.882. The molecule has 6 heteroatoms. The number of anilines is 1. The van der Waals surface area contributed by atoms with E-state index in [1.54, 1.807) is 12.4 Å². The molecule has 0 radical (unpaired) electrons. The van der Waals surface area contributed by atoms with E-state index in [9.17, 15) is 4.79 Å². The minimum Gasteiger partial charge on any atom is -0.482 e.